The van der Waals surface area contributed by atoms with Gasteiger partial charge in [0.15, 0.2) is 6.04 Å². The van der Waals surface area contributed by atoms with Crippen molar-refractivity contribution in [2.24, 2.45) is 0 Å². The Morgan fingerprint density at radius 2 is 2.29 bits per heavy atom. The number of carbonyl (C=O) groups excluding carboxylic acids is 1. The zero-order valence-corrected chi connectivity index (χ0v) is 13.0. The summed E-state index contributed by atoms with van der Waals surface area (Å²) in [5.41, 5.74) is 0.622. The molecular weight excluding hydrogens is 292 g/mol. The average Bonchev–Trinajstić information content (AvgIpc) is 2.79. The molecule has 1 rings (SSSR count). The number of nitrogens with zero attached hydrogens (tertiary/aromatic N) is 1. The summed E-state index contributed by atoms with van der Waals surface area (Å²) in [6.45, 7) is 7.39. The van der Waals surface area contributed by atoms with Gasteiger partial charge in [-0.05, 0) is 19.8 Å². The van der Waals surface area contributed by atoms with Crippen LogP contribution in [-0.2, 0) is 16.0 Å². The number of thiazole rings is 1. The number of aromatic nitrogens is 1. The summed E-state index contributed by atoms with van der Waals surface area (Å²) >= 11 is 1.30. The Hall–Kier alpha value is -1.73. The molecule has 0 spiro atoms. The number of hydrogen-bond acceptors (Lipinski definition) is 5. The van der Waals surface area contributed by atoms with Gasteiger partial charge in [0, 0.05) is 0 Å². The van der Waals surface area contributed by atoms with Gasteiger partial charge < -0.3 is 15.2 Å². The molecule has 0 bridgehead atoms. The summed E-state index contributed by atoms with van der Waals surface area (Å²) in [7, 11) is 0. The topological polar surface area (TPSA) is 88.5 Å². The highest BCUT2D eigenvalue weighted by atomic mass is 32.1. The van der Waals surface area contributed by atoms with Crippen molar-refractivity contribution in [3.63, 3.8) is 0 Å². The highest BCUT2D eigenvalue weighted by Gasteiger charge is 2.23. The molecule has 6 nitrogen and oxygen atoms in total. The van der Waals surface area contributed by atoms with Gasteiger partial charge in [0.05, 0.1) is 23.9 Å². The molecule has 0 radical (unpaired) electrons. The van der Waals surface area contributed by atoms with Gasteiger partial charge in [-0.25, -0.2) is 9.78 Å². The van der Waals surface area contributed by atoms with Crippen LogP contribution in [0.4, 0.5) is 0 Å². The Labute approximate surface area is 127 Å². The number of hydrogen-bond donors (Lipinski definition) is 2. The number of carboxylic acid groups (broad SMARTS) is 1. The van der Waals surface area contributed by atoms with Crippen LogP contribution in [0.25, 0.3) is 0 Å². The van der Waals surface area contributed by atoms with E-state index in [4.69, 9.17) is 9.84 Å². The normalized spacial score (nSPS) is 11.9. The van der Waals surface area contributed by atoms with Crippen LogP contribution >= 0.6 is 11.3 Å². The van der Waals surface area contributed by atoms with E-state index < -0.39 is 17.9 Å². The number of rotatable bonds is 9. The van der Waals surface area contributed by atoms with Crippen molar-refractivity contribution >= 4 is 23.2 Å². The second-order valence-electron chi connectivity index (χ2n) is 4.46. The number of carboxylic acids is 1. The predicted octanol–water partition coefficient (Wildman–Crippen LogP) is 1.79. The largest absolute Gasteiger partial charge is 0.480 e. The summed E-state index contributed by atoms with van der Waals surface area (Å²) in [4.78, 5) is 28.0. The van der Waals surface area contributed by atoms with E-state index in [1.807, 2.05) is 6.92 Å². The summed E-state index contributed by atoms with van der Waals surface area (Å²) in [5, 5.41) is 12.4. The molecule has 0 saturated heterocycles. The summed E-state index contributed by atoms with van der Waals surface area (Å²) in [6, 6.07) is -1.09. The first-order valence-electron chi connectivity index (χ1n) is 6.68. The maximum atomic E-state index is 12.2. The van der Waals surface area contributed by atoms with E-state index in [-0.39, 0.29) is 13.2 Å². The minimum Gasteiger partial charge on any atom is -0.480 e. The summed E-state index contributed by atoms with van der Waals surface area (Å²) in [5.74, 6) is -1.56. The lowest BCUT2D eigenvalue weighted by molar-refractivity contribution is -0.140. The number of nitrogens with one attached hydrogen (secondary N) is 1. The van der Waals surface area contributed by atoms with Crippen molar-refractivity contribution in [2.75, 3.05) is 13.2 Å². The van der Waals surface area contributed by atoms with Crippen LogP contribution in [0.5, 0.6) is 0 Å². The zero-order valence-electron chi connectivity index (χ0n) is 12.2. The first-order chi connectivity index (χ1) is 9.99. The first kappa shape index (κ1) is 17.3. The van der Waals surface area contributed by atoms with Crippen LogP contribution in [0.1, 0.15) is 33.7 Å². The van der Waals surface area contributed by atoms with Gasteiger partial charge in [0.1, 0.15) is 4.88 Å². The third kappa shape index (κ3) is 5.28. The third-order valence-electron chi connectivity index (χ3n) is 2.63. The van der Waals surface area contributed by atoms with E-state index in [0.717, 1.165) is 17.8 Å². The molecule has 0 fully saturated rings. The van der Waals surface area contributed by atoms with Crippen LogP contribution in [0.15, 0.2) is 12.7 Å². The van der Waals surface area contributed by atoms with Crippen molar-refractivity contribution in [3.8, 4) is 0 Å². The number of amides is 1. The molecule has 0 saturated carbocycles. The lowest BCUT2D eigenvalue weighted by atomic mass is 10.3. The fraction of sp³-hybridized carbons (Fsp3) is 0.500. The molecule has 1 heterocycles. The number of ether oxygens (including phenoxy) is 1. The van der Waals surface area contributed by atoms with Gasteiger partial charge in [-0.3, -0.25) is 4.79 Å². The minimum absolute atomic E-state index is 0.104. The third-order valence-corrected chi connectivity index (χ3v) is 3.85. The van der Waals surface area contributed by atoms with Crippen molar-refractivity contribution in [2.45, 2.75) is 32.7 Å². The SMILES string of the molecule is C=CCOCC(NC(=O)c1sc(CCC)nc1C)C(=O)O. The number of carbonyl (C=O) groups is 2. The molecule has 116 valence electrons. The smallest absolute Gasteiger partial charge is 0.328 e. The molecule has 1 atom stereocenters. The molecule has 1 unspecified atom stereocenters. The van der Waals surface area contributed by atoms with Gasteiger partial charge >= 0.3 is 5.97 Å². The van der Waals surface area contributed by atoms with Crippen molar-refractivity contribution in [1.29, 1.82) is 0 Å². The van der Waals surface area contributed by atoms with E-state index in [1.54, 1.807) is 6.92 Å². The fourth-order valence-corrected chi connectivity index (χ4v) is 2.72. The molecular formula is C14H20N2O4S. The molecule has 0 aliphatic rings. The van der Waals surface area contributed by atoms with Gasteiger partial charge in [-0.2, -0.15) is 0 Å². The second kappa shape index (κ2) is 8.53. The Morgan fingerprint density at radius 3 is 2.86 bits per heavy atom. The van der Waals surface area contributed by atoms with Crippen molar-refractivity contribution < 1.29 is 19.4 Å². The highest BCUT2D eigenvalue weighted by Crippen LogP contribution is 2.19. The lowest BCUT2D eigenvalue weighted by Crippen LogP contribution is -2.44. The van der Waals surface area contributed by atoms with E-state index in [0.29, 0.717) is 10.6 Å². The molecule has 7 heteroatoms. The average molecular weight is 312 g/mol. The van der Waals surface area contributed by atoms with E-state index in [9.17, 15) is 9.59 Å². The van der Waals surface area contributed by atoms with E-state index >= 15 is 0 Å². The monoisotopic (exact) mass is 312 g/mol. The zero-order chi connectivity index (χ0) is 15.8. The molecule has 1 aromatic rings. The van der Waals surface area contributed by atoms with Crippen molar-refractivity contribution in [3.05, 3.63) is 28.2 Å². The standard InChI is InChI=1S/C14H20N2O4S/c1-4-6-11-15-9(3)12(21-11)13(17)16-10(14(18)19)8-20-7-5-2/h5,10H,2,4,6-8H2,1,3H3,(H,16,17)(H,18,19). The molecule has 1 amide bonds. The fourth-order valence-electron chi connectivity index (χ4n) is 1.65. The molecule has 1 aromatic heterocycles. The van der Waals surface area contributed by atoms with E-state index in [2.05, 4.69) is 16.9 Å². The molecule has 2 N–H and O–H groups in total. The molecule has 0 aliphatic carbocycles. The second-order valence-corrected chi connectivity index (χ2v) is 5.55. The van der Waals surface area contributed by atoms with Gasteiger partial charge in [0.2, 0.25) is 0 Å². The molecule has 0 aliphatic heterocycles. The van der Waals surface area contributed by atoms with Crippen molar-refractivity contribution in [1.82, 2.24) is 10.3 Å². The maximum absolute atomic E-state index is 12.2. The predicted molar refractivity (Wildman–Crippen MR) is 80.8 cm³/mol. The van der Waals surface area contributed by atoms with Crippen LogP contribution in [0.2, 0.25) is 0 Å². The van der Waals surface area contributed by atoms with E-state index in [1.165, 1.54) is 17.4 Å². The maximum Gasteiger partial charge on any atom is 0.328 e. The van der Waals surface area contributed by atoms with Crippen LogP contribution in [0, 0.1) is 6.92 Å². The summed E-state index contributed by atoms with van der Waals surface area (Å²) < 4.78 is 5.09. The van der Waals surface area contributed by atoms with Gasteiger partial charge in [-0.15, -0.1) is 17.9 Å². The quantitative estimate of drug-likeness (QED) is 0.536. The number of aryl methyl sites for hydroxylation is 2. The Bertz CT molecular complexity index is 513. The molecule has 21 heavy (non-hydrogen) atoms. The van der Waals surface area contributed by atoms with Crippen LogP contribution < -0.4 is 5.32 Å². The highest BCUT2D eigenvalue weighted by molar-refractivity contribution is 7.13. The van der Waals surface area contributed by atoms with Crippen LogP contribution in [0.3, 0.4) is 0 Å². The van der Waals surface area contributed by atoms with Gasteiger partial charge in [0.25, 0.3) is 5.91 Å². The Morgan fingerprint density at radius 1 is 1.57 bits per heavy atom. The van der Waals surface area contributed by atoms with Crippen LogP contribution in [-0.4, -0.2) is 41.2 Å². The molecule has 0 aromatic carbocycles. The Balaban J connectivity index is 2.72. The number of aliphatic carboxylic acids is 1. The minimum atomic E-state index is -1.14. The summed E-state index contributed by atoms with van der Waals surface area (Å²) in [6.07, 6.45) is 3.27. The van der Waals surface area contributed by atoms with Gasteiger partial charge in [-0.1, -0.05) is 13.0 Å². The first-order valence-corrected chi connectivity index (χ1v) is 7.49. The Kier molecular flexibility index (Phi) is 7.04. The lowest BCUT2D eigenvalue weighted by Gasteiger charge is -2.13.